The van der Waals surface area contributed by atoms with Gasteiger partial charge in [0.05, 0.1) is 5.56 Å². The van der Waals surface area contributed by atoms with E-state index in [2.05, 4.69) is 10.1 Å². The van der Waals surface area contributed by atoms with Crippen molar-refractivity contribution in [2.45, 2.75) is 33.4 Å². The summed E-state index contributed by atoms with van der Waals surface area (Å²) in [7, 11) is 0. The number of benzene rings is 1. The largest absolute Gasteiger partial charge is 0.486 e. The molecule has 1 aromatic heterocycles. The number of ether oxygens (including phenoxy) is 1. The highest BCUT2D eigenvalue weighted by Gasteiger charge is 2.09. The van der Waals surface area contributed by atoms with Gasteiger partial charge in [-0.15, -0.1) is 0 Å². The number of aryl methyl sites for hydroxylation is 1. The Hall–Kier alpha value is -2.24. The number of carbonyl (C=O) groups is 1. The van der Waals surface area contributed by atoms with Crippen LogP contribution in [0.15, 0.2) is 24.5 Å². The molecule has 0 bridgehead atoms. The van der Waals surface area contributed by atoms with Crippen LogP contribution in [-0.4, -0.2) is 20.5 Å². The number of carbonyl (C=O) groups excluding carboxylic acids is 1. The van der Waals surface area contributed by atoms with Crippen LogP contribution in [0.4, 0.5) is 4.39 Å². The van der Waals surface area contributed by atoms with Crippen LogP contribution in [0.5, 0.6) is 5.75 Å². The molecule has 0 amide bonds. The Morgan fingerprint density at radius 1 is 1.45 bits per heavy atom. The van der Waals surface area contributed by atoms with Gasteiger partial charge in [0.25, 0.3) is 0 Å². The molecule has 1 heterocycles. The standard InChI is InChI=1S/C14H16FN3O2/c1-3-6-18-14(16-9-17-18)8-20-11-4-5-12(10(2)19)13(15)7-11/h4-5,7,9H,3,6,8H2,1-2H3. The van der Waals surface area contributed by atoms with Crippen molar-refractivity contribution in [2.24, 2.45) is 0 Å². The van der Waals surface area contributed by atoms with Crippen molar-refractivity contribution in [3.8, 4) is 5.75 Å². The van der Waals surface area contributed by atoms with Crippen molar-refractivity contribution < 1.29 is 13.9 Å². The van der Waals surface area contributed by atoms with Gasteiger partial charge in [-0.25, -0.2) is 14.1 Å². The number of halogens is 1. The lowest BCUT2D eigenvalue weighted by Crippen LogP contribution is -2.08. The Kier molecular flexibility index (Phi) is 4.45. The number of aromatic nitrogens is 3. The molecule has 0 aliphatic carbocycles. The Balaban J connectivity index is 2.05. The van der Waals surface area contributed by atoms with Crippen molar-refractivity contribution in [2.75, 3.05) is 0 Å². The number of ketones is 1. The third kappa shape index (κ3) is 3.20. The number of hydrogen-bond donors (Lipinski definition) is 0. The van der Waals surface area contributed by atoms with Gasteiger partial charge in [-0.2, -0.15) is 5.10 Å². The highest BCUT2D eigenvalue weighted by atomic mass is 19.1. The fourth-order valence-electron chi connectivity index (χ4n) is 1.82. The first kappa shape index (κ1) is 14.2. The fourth-order valence-corrected chi connectivity index (χ4v) is 1.82. The van der Waals surface area contributed by atoms with Crippen LogP contribution in [0, 0.1) is 5.82 Å². The van der Waals surface area contributed by atoms with E-state index in [-0.39, 0.29) is 18.0 Å². The van der Waals surface area contributed by atoms with E-state index in [1.807, 2.05) is 6.92 Å². The lowest BCUT2D eigenvalue weighted by molar-refractivity contribution is 0.101. The molecule has 5 nitrogen and oxygen atoms in total. The summed E-state index contributed by atoms with van der Waals surface area (Å²) in [5.41, 5.74) is 0.0616. The van der Waals surface area contributed by atoms with E-state index in [0.29, 0.717) is 11.6 Å². The second kappa shape index (κ2) is 6.27. The summed E-state index contributed by atoms with van der Waals surface area (Å²) in [5, 5.41) is 4.08. The third-order valence-corrected chi connectivity index (χ3v) is 2.82. The summed E-state index contributed by atoms with van der Waals surface area (Å²) >= 11 is 0. The fraction of sp³-hybridized carbons (Fsp3) is 0.357. The second-order valence-corrected chi connectivity index (χ2v) is 4.39. The first-order valence-corrected chi connectivity index (χ1v) is 6.41. The molecular weight excluding hydrogens is 261 g/mol. The van der Waals surface area contributed by atoms with Gasteiger partial charge in [-0.1, -0.05) is 6.92 Å². The molecule has 0 aliphatic heterocycles. The Labute approximate surface area is 116 Å². The zero-order valence-corrected chi connectivity index (χ0v) is 11.5. The monoisotopic (exact) mass is 277 g/mol. The molecule has 0 aliphatic rings. The molecular formula is C14H16FN3O2. The van der Waals surface area contributed by atoms with E-state index in [0.717, 1.165) is 13.0 Å². The lowest BCUT2D eigenvalue weighted by atomic mass is 10.1. The summed E-state index contributed by atoms with van der Waals surface area (Å²) in [4.78, 5) is 15.2. The Morgan fingerprint density at radius 3 is 2.90 bits per heavy atom. The molecule has 106 valence electrons. The molecule has 2 rings (SSSR count). The van der Waals surface area contributed by atoms with E-state index >= 15 is 0 Å². The Bertz CT molecular complexity index is 610. The second-order valence-electron chi connectivity index (χ2n) is 4.39. The predicted molar refractivity (Wildman–Crippen MR) is 71.0 cm³/mol. The van der Waals surface area contributed by atoms with Crippen LogP contribution >= 0.6 is 0 Å². The highest BCUT2D eigenvalue weighted by Crippen LogP contribution is 2.18. The van der Waals surface area contributed by atoms with Crippen LogP contribution in [0.1, 0.15) is 36.5 Å². The van der Waals surface area contributed by atoms with Crippen LogP contribution in [0.2, 0.25) is 0 Å². The molecule has 6 heteroatoms. The van der Waals surface area contributed by atoms with E-state index < -0.39 is 5.82 Å². The maximum absolute atomic E-state index is 13.6. The van der Waals surface area contributed by atoms with Gasteiger partial charge < -0.3 is 4.74 Å². The quantitative estimate of drug-likeness (QED) is 0.762. The van der Waals surface area contributed by atoms with Gasteiger partial charge in [-0.05, 0) is 25.5 Å². The molecule has 0 fully saturated rings. The van der Waals surface area contributed by atoms with Crippen molar-refractivity contribution >= 4 is 5.78 Å². The molecule has 20 heavy (non-hydrogen) atoms. The molecule has 0 spiro atoms. The van der Waals surface area contributed by atoms with Crippen LogP contribution < -0.4 is 4.74 Å². The molecule has 0 unspecified atom stereocenters. The van der Waals surface area contributed by atoms with Crippen molar-refractivity contribution in [3.05, 3.63) is 41.7 Å². The molecule has 0 saturated carbocycles. The van der Waals surface area contributed by atoms with Gasteiger partial charge in [0.2, 0.25) is 0 Å². The minimum Gasteiger partial charge on any atom is -0.486 e. The number of Topliss-reactive ketones (excluding diaryl/α,β-unsaturated/α-hetero) is 1. The Morgan fingerprint density at radius 2 is 2.25 bits per heavy atom. The predicted octanol–water partition coefficient (Wildman–Crippen LogP) is 2.61. The first-order valence-electron chi connectivity index (χ1n) is 6.41. The smallest absolute Gasteiger partial charge is 0.164 e. The van der Waals surface area contributed by atoms with Crippen molar-refractivity contribution in [1.29, 1.82) is 0 Å². The van der Waals surface area contributed by atoms with Gasteiger partial charge >= 0.3 is 0 Å². The maximum atomic E-state index is 13.6. The van der Waals surface area contributed by atoms with Crippen LogP contribution in [-0.2, 0) is 13.2 Å². The molecule has 1 aromatic carbocycles. The van der Waals surface area contributed by atoms with Gasteiger partial charge in [0.1, 0.15) is 24.5 Å². The SMILES string of the molecule is CCCn1ncnc1COc1ccc(C(C)=O)c(F)c1. The minimum atomic E-state index is -0.579. The molecule has 0 radical (unpaired) electrons. The summed E-state index contributed by atoms with van der Waals surface area (Å²) in [5.74, 6) is 0.156. The maximum Gasteiger partial charge on any atom is 0.164 e. The average Bonchev–Trinajstić information content (AvgIpc) is 2.84. The lowest BCUT2D eigenvalue weighted by Gasteiger charge is -2.08. The summed E-state index contributed by atoms with van der Waals surface area (Å²) in [6, 6.07) is 4.20. The minimum absolute atomic E-state index is 0.0616. The molecule has 0 N–H and O–H groups in total. The van der Waals surface area contributed by atoms with Crippen molar-refractivity contribution in [3.63, 3.8) is 0 Å². The summed E-state index contributed by atoms with van der Waals surface area (Å²) < 4.78 is 20.9. The molecule has 0 atom stereocenters. The molecule has 0 saturated heterocycles. The first-order chi connectivity index (χ1) is 9.61. The van der Waals surface area contributed by atoms with Gasteiger partial charge in [-0.3, -0.25) is 4.79 Å². The summed E-state index contributed by atoms with van der Waals surface area (Å²) in [6.45, 7) is 4.34. The highest BCUT2D eigenvalue weighted by molar-refractivity contribution is 5.94. The van der Waals surface area contributed by atoms with Crippen LogP contribution in [0.3, 0.4) is 0 Å². The third-order valence-electron chi connectivity index (χ3n) is 2.82. The van der Waals surface area contributed by atoms with E-state index in [4.69, 9.17) is 4.74 Å². The zero-order valence-electron chi connectivity index (χ0n) is 11.5. The average molecular weight is 277 g/mol. The normalized spacial score (nSPS) is 10.6. The summed E-state index contributed by atoms with van der Waals surface area (Å²) in [6.07, 6.45) is 2.41. The topological polar surface area (TPSA) is 57.0 Å². The van der Waals surface area contributed by atoms with E-state index in [1.54, 1.807) is 10.7 Å². The van der Waals surface area contributed by atoms with E-state index in [9.17, 15) is 9.18 Å². The van der Waals surface area contributed by atoms with Crippen molar-refractivity contribution in [1.82, 2.24) is 14.8 Å². The zero-order chi connectivity index (χ0) is 14.5. The number of hydrogen-bond acceptors (Lipinski definition) is 4. The van der Waals surface area contributed by atoms with Gasteiger partial charge in [0, 0.05) is 12.6 Å². The van der Waals surface area contributed by atoms with Crippen LogP contribution in [0.25, 0.3) is 0 Å². The number of nitrogens with zero attached hydrogens (tertiary/aromatic N) is 3. The number of rotatable bonds is 6. The molecule has 2 aromatic rings. The van der Waals surface area contributed by atoms with Gasteiger partial charge in [0.15, 0.2) is 11.6 Å². The van der Waals surface area contributed by atoms with E-state index in [1.165, 1.54) is 25.4 Å².